The molecule has 1 aliphatic rings. The minimum atomic E-state index is -0.411. The van der Waals surface area contributed by atoms with Crippen molar-refractivity contribution in [2.75, 3.05) is 25.5 Å². The van der Waals surface area contributed by atoms with E-state index in [1.54, 1.807) is 6.08 Å². The van der Waals surface area contributed by atoms with Gasteiger partial charge < -0.3 is 15.5 Å². The summed E-state index contributed by atoms with van der Waals surface area (Å²) in [5, 5.41) is 15.0. The molecule has 206 valence electrons. The lowest BCUT2D eigenvalue weighted by Crippen LogP contribution is -2.39. The summed E-state index contributed by atoms with van der Waals surface area (Å²) in [6.07, 6.45) is 7.97. The Morgan fingerprint density at radius 1 is 1.23 bits per heavy atom. The van der Waals surface area contributed by atoms with Gasteiger partial charge in [0.15, 0.2) is 5.65 Å². The number of nitrogens with zero attached hydrogens (tertiary/aromatic N) is 5. The van der Waals surface area contributed by atoms with E-state index >= 15 is 0 Å². The van der Waals surface area contributed by atoms with Crippen LogP contribution in [0.3, 0.4) is 0 Å². The van der Waals surface area contributed by atoms with Crippen LogP contribution in [0.2, 0.25) is 0 Å². The Morgan fingerprint density at radius 3 is 2.59 bits per heavy atom. The van der Waals surface area contributed by atoms with Crippen LogP contribution in [0.15, 0.2) is 54.0 Å². The van der Waals surface area contributed by atoms with Crippen molar-refractivity contribution < 1.29 is 4.79 Å². The van der Waals surface area contributed by atoms with Gasteiger partial charge in [-0.25, -0.2) is 14.3 Å². The van der Waals surface area contributed by atoms with Crippen molar-refractivity contribution in [1.29, 1.82) is 5.41 Å². The molecule has 1 saturated heterocycles. The molecule has 0 aliphatic carbocycles. The normalized spacial score (nSPS) is 15.1. The largest absolute Gasteiger partial charge is 0.348 e. The number of allylic oxidation sites excluding steroid dienone is 2. The van der Waals surface area contributed by atoms with Crippen LogP contribution in [-0.2, 0) is 11.3 Å². The van der Waals surface area contributed by atoms with Crippen LogP contribution in [0.4, 0.5) is 11.6 Å². The summed E-state index contributed by atoms with van der Waals surface area (Å²) in [4.78, 5) is 36.7. The molecule has 1 amide bonds. The van der Waals surface area contributed by atoms with Crippen molar-refractivity contribution in [3.63, 3.8) is 0 Å². The summed E-state index contributed by atoms with van der Waals surface area (Å²) in [6, 6.07) is 6.30. The molecular formula is C29H38N8O2. The third-order valence-electron chi connectivity index (χ3n) is 6.78. The zero-order valence-electron chi connectivity index (χ0n) is 23.4. The van der Waals surface area contributed by atoms with Crippen molar-refractivity contribution in [2.24, 2.45) is 0 Å². The lowest BCUT2D eigenvalue weighted by atomic mass is 9.87. The minimum absolute atomic E-state index is 0.0871. The minimum Gasteiger partial charge on any atom is -0.348 e. The second kappa shape index (κ2) is 11.4. The number of benzene rings is 1. The number of piperidine rings is 1. The van der Waals surface area contributed by atoms with E-state index in [-0.39, 0.29) is 34.9 Å². The SMILES string of the molecule is C=CCn1c(=O)c2cnc(Nc3ccc(C4CCN(C)CC4)c(C)c3)nc2n1C(=N)/C=C\C(=O)NC(C)(C)C. The Kier molecular flexibility index (Phi) is 8.15. The molecule has 10 nitrogen and oxygen atoms in total. The molecule has 0 spiro atoms. The highest BCUT2D eigenvalue weighted by atomic mass is 16.1. The third kappa shape index (κ3) is 6.51. The first-order chi connectivity index (χ1) is 18.5. The van der Waals surface area contributed by atoms with Gasteiger partial charge in [-0.2, -0.15) is 4.98 Å². The molecule has 0 unspecified atom stereocenters. The number of aryl methyl sites for hydroxylation is 1. The average Bonchev–Trinajstić information content (AvgIpc) is 3.13. The maximum Gasteiger partial charge on any atom is 0.278 e. The van der Waals surface area contributed by atoms with E-state index in [1.165, 1.54) is 38.8 Å². The first-order valence-electron chi connectivity index (χ1n) is 13.2. The fraction of sp³-hybridized carbons (Fsp3) is 0.414. The Hall–Kier alpha value is -4.05. The first-order valence-corrected chi connectivity index (χ1v) is 13.2. The molecule has 1 fully saturated rings. The summed E-state index contributed by atoms with van der Waals surface area (Å²) in [5.41, 5.74) is 2.95. The number of hydrogen-bond donors (Lipinski definition) is 3. The van der Waals surface area contributed by atoms with E-state index in [1.807, 2.05) is 26.8 Å². The fourth-order valence-corrected chi connectivity index (χ4v) is 4.92. The molecule has 0 bridgehead atoms. The van der Waals surface area contributed by atoms with Gasteiger partial charge in [0.2, 0.25) is 11.9 Å². The highest BCUT2D eigenvalue weighted by Gasteiger charge is 2.21. The second-order valence-electron chi connectivity index (χ2n) is 11.2. The van der Waals surface area contributed by atoms with Gasteiger partial charge in [-0.05, 0) is 95.9 Å². The monoisotopic (exact) mass is 530 g/mol. The van der Waals surface area contributed by atoms with Crippen molar-refractivity contribution in [2.45, 2.75) is 58.5 Å². The molecule has 4 rings (SSSR count). The van der Waals surface area contributed by atoms with Crippen molar-refractivity contribution in [3.8, 4) is 0 Å². The van der Waals surface area contributed by atoms with Crippen LogP contribution in [-0.4, -0.2) is 61.7 Å². The zero-order chi connectivity index (χ0) is 28.3. The van der Waals surface area contributed by atoms with Gasteiger partial charge in [0.05, 0.1) is 6.54 Å². The molecule has 3 N–H and O–H groups in total. The van der Waals surface area contributed by atoms with Crippen LogP contribution >= 0.6 is 0 Å². The first kappa shape index (κ1) is 28.0. The van der Waals surface area contributed by atoms with Crippen molar-refractivity contribution in [1.82, 2.24) is 29.5 Å². The van der Waals surface area contributed by atoms with Crippen LogP contribution in [0.1, 0.15) is 50.7 Å². The summed E-state index contributed by atoms with van der Waals surface area (Å²) in [5.74, 6) is 0.445. The van der Waals surface area contributed by atoms with Crippen molar-refractivity contribution >= 4 is 34.4 Å². The number of likely N-dealkylation sites (tertiary alicyclic amines) is 1. The van der Waals surface area contributed by atoms with Gasteiger partial charge in [0, 0.05) is 23.5 Å². The van der Waals surface area contributed by atoms with Gasteiger partial charge in [-0.15, -0.1) is 6.58 Å². The quantitative estimate of drug-likeness (QED) is 0.184. The molecule has 39 heavy (non-hydrogen) atoms. The van der Waals surface area contributed by atoms with E-state index in [0.29, 0.717) is 11.9 Å². The molecule has 3 heterocycles. The average molecular weight is 531 g/mol. The lowest BCUT2D eigenvalue weighted by Gasteiger charge is -2.30. The highest BCUT2D eigenvalue weighted by Crippen LogP contribution is 2.31. The number of amides is 1. The Labute approximate surface area is 228 Å². The number of anilines is 2. The molecule has 1 aromatic carbocycles. The molecule has 3 aromatic rings. The van der Waals surface area contributed by atoms with Gasteiger partial charge in [0.1, 0.15) is 11.2 Å². The molecule has 10 heteroatoms. The van der Waals surface area contributed by atoms with Crippen LogP contribution in [0.5, 0.6) is 0 Å². The Balaban J connectivity index is 1.63. The highest BCUT2D eigenvalue weighted by molar-refractivity contribution is 6.02. The number of rotatable bonds is 7. The number of carbonyl (C=O) groups is 1. The lowest BCUT2D eigenvalue weighted by molar-refractivity contribution is -0.117. The predicted octanol–water partition coefficient (Wildman–Crippen LogP) is 3.94. The summed E-state index contributed by atoms with van der Waals surface area (Å²) >= 11 is 0. The molecule has 1 aliphatic heterocycles. The molecular weight excluding hydrogens is 492 g/mol. The number of carbonyl (C=O) groups excluding carboxylic acids is 1. The summed E-state index contributed by atoms with van der Waals surface area (Å²) in [6.45, 7) is 13.9. The number of fused-ring (bicyclic) bond motifs is 1. The zero-order valence-corrected chi connectivity index (χ0v) is 23.4. The van der Waals surface area contributed by atoms with Gasteiger partial charge in [-0.1, -0.05) is 12.1 Å². The smallest absolute Gasteiger partial charge is 0.278 e. The second-order valence-corrected chi connectivity index (χ2v) is 11.2. The van der Waals surface area contributed by atoms with Crippen LogP contribution in [0.25, 0.3) is 11.0 Å². The predicted molar refractivity (Wildman–Crippen MR) is 156 cm³/mol. The number of hydrogen-bond acceptors (Lipinski definition) is 7. The van der Waals surface area contributed by atoms with E-state index < -0.39 is 5.54 Å². The number of nitrogens with one attached hydrogen (secondary N) is 3. The fourth-order valence-electron chi connectivity index (χ4n) is 4.92. The van der Waals surface area contributed by atoms with E-state index in [4.69, 9.17) is 5.41 Å². The maximum absolute atomic E-state index is 13.1. The molecule has 2 aromatic heterocycles. The van der Waals surface area contributed by atoms with E-state index in [0.717, 1.165) is 31.6 Å². The van der Waals surface area contributed by atoms with Crippen molar-refractivity contribution in [3.05, 3.63) is 70.7 Å². The molecule has 0 atom stereocenters. The van der Waals surface area contributed by atoms with Gasteiger partial charge >= 0.3 is 0 Å². The summed E-state index contributed by atoms with van der Waals surface area (Å²) in [7, 11) is 2.17. The standard InChI is InChI=1S/C29H38N8O2/c1-7-14-36-27(39)23-18-31-28(33-26(23)37(36)24(30)10-11-25(38)34-29(3,4)5)32-21-8-9-22(19(2)17-21)20-12-15-35(6)16-13-20/h7-11,17-18,20,30H,1,12-16H2,2-6H3,(H,34,38)(H,31,32,33)/b11-10-,30-24?. The van der Waals surface area contributed by atoms with Gasteiger partial charge in [-0.3, -0.25) is 15.0 Å². The van der Waals surface area contributed by atoms with Gasteiger partial charge in [0.25, 0.3) is 5.56 Å². The van der Waals surface area contributed by atoms with E-state index in [9.17, 15) is 9.59 Å². The van der Waals surface area contributed by atoms with Crippen LogP contribution in [0, 0.1) is 12.3 Å². The molecule has 0 saturated carbocycles. The molecule has 0 radical (unpaired) electrons. The topological polar surface area (TPSA) is 121 Å². The Bertz CT molecular complexity index is 1480. The third-order valence-corrected chi connectivity index (χ3v) is 6.78. The van der Waals surface area contributed by atoms with E-state index in [2.05, 4.69) is 58.2 Å². The van der Waals surface area contributed by atoms with Crippen LogP contribution < -0.4 is 16.2 Å². The number of aromatic nitrogens is 4. The summed E-state index contributed by atoms with van der Waals surface area (Å²) < 4.78 is 2.73. The Morgan fingerprint density at radius 2 is 1.95 bits per heavy atom. The maximum atomic E-state index is 13.1.